The second kappa shape index (κ2) is 10.1. The van der Waals surface area contributed by atoms with Crippen LogP contribution in [0.3, 0.4) is 0 Å². The molecule has 1 saturated heterocycles. The lowest BCUT2D eigenvalue weighted by molar-refractivity contribution is 0.131. The summed E-state index contributed by atoms with van der Waals surface area (Å²) in [5.74, 6) is 3.81. The lowest BCUT2D eigenvalue weighted by Crippen LogP contribution is -2.40. The number of rotatable bonds is 9. The first-order valence-corrected chi connectivity index (χ1v) is 10.6. The van der Waals surface area contributed by atoms with Crippen molar-refractivity contribution < 1.29 is 4.74 Å². The van der Waals surface area contributed by atoms with Gasteiger partial charge >= 0.3 is 0 Å². The third kappa shape index (κ3) is 6.55. The van der Waals surface area contributed by atoms with Crippen LogP contribution in [0, 0.1) is 11.8 Å². The van der Waals surface area contributed by atoms with Gasteiger partial charge in [0.05, 0.1) is 13.2 Å². The van der Waals surface area contributed by atoms with Crippen molar-refractivity contribution in [2.75, 3.05) is 45.1 Å². The van der Waals surface area contributed by atoms with Crippen molar-refractivity contribution in [3.8, 4) is 0 Å². The Labute approximate surface area is 156 Å². The summed E-state index contributed by atoms with van der Waals surface area (Å²) in [5, 5.41) is 3.44. The van der Waals surface area contributed by atoms with E-state index in [4.69, 9.17) is 9.73 Å². The van der Waals surface area contributed by atoms with Gasteiger partial charge in [-0.25, -0.2) is 0 Å². The molecule has 1 aromatic carbocycles. The zero-order valence-corrected chi connectivity index (χ0v) is 16.1. The van der Waals surface area contributed by atoms with E-state index in [0.717, 1.165) is 57.2 Å². The predicted octanol–water partition coefficient (Wildman–Crippen LogP) is 3.49. The molecule has 1 aromatic rings. The van der Waals surface area contributed by atoms with Crippen LogP contribution in [0.5, 0.6) is 0 Å². The summed E-state index contributed by atoms with van der Waals surface area (Å²) in [7, 11) is 0. The molecule has 1 heterocycles. The quantitative estimate of drug-likeness (QED) is 0.316. The van der Waals surface area contributed by atoms with Gasteiger partial charge in [0.15, 0.2) is 5.96 Å². The fourth-order valence-corrected chi connectivity index (χ4v) is 4.12. The number of nitrogens with one attached hydrogen (secondary N) is 1. The van der Waals surface area contributed by atoms with E-state index in [9.17, 15) is 0 Å². The Kier molecular flexibility index (Phi) is 7.49. The van der Waals surface area contributed by atoms with Gasteiger partial charge in [-0.2, -0.15) is 0 Å². The fourth-order valence-electron chi connectivity index (χ4n) is 3.07. The maximum Gasteiger partial charge on any atom is 0.194 e. The minimum absolute atomic E-state index is 0.736. The third-order valence-electron chi connectivity index (χ3n) is 4.70. The highest BCUT2D eigenvalue weighted by molar-refractivity contribution is 7.99. The first-order chi connectivity index (χ1) is 12.3. The van der Waals surface area contributed by atoms with Gasteiger partial charge in [-0.15, -0.1) is 11.8 Å². The highest BCUT2D eigenvalue weighted by Gasteiger charge is 2.25. The molecule has 4 nitrogen and oxygen atoms in total. The first-order valence-electron chi connectivity index (χ1n) is 9.64. The topological polar surface area (TPSA) is 36.9 Å². The van der Waals surface area contributed by atoms with Crippen LogP contribution < -0.4 is 5.32 Å². The van der Waals surface area contributed by atoms with E-state index in [0.29, 0.717) is 0 Å². The van der Waals surface area contributed by atoms with Crippen molar-refractivity contribution in [1.82, 2.24) is 10.2 Å². The number of likely N-dealkylation sites (tertiary alicyclic amines) is 1. The number of thioether (sulfide) groups is 1. The van der Waals surface area contributed by atoms with Crippen molar-refractivity contribution in [3.05, 3.63) is 30.3 Å². The second-order valence-electron chi connectivity index (χ2n) is 6.98. The highest BCUT2D eigenvalue weighted by Crippen LogP contribution is 2.28. The monoisotopic (exact) mass is 361 g/mol. The minimum Gasteiger partial charge on any atom is -0.379 e. The molecule has 1 saturated carbocycles. The molecule has 0 aromatic heterocycles. The summed E-state index contributed by atoms with van der Waals surface area (Å²) in [6.07, 6.45) is 3.95. The van der Waals surface area contributed by atoms with E-state index in [1.54, 1.807) is 0 Å². The van der Waals surface area contributed by atoms with E-state index >= 15 is 0 Å². The molecule has 1 aliphatic carbocycles. The standard InChI is InChI=1S/C20H31N3OS/c1-2-21-20(22-11-13-24-15-17-8-9-17)23-12-10-18(14-23)16-25-19-6-4-3-5-7-19/h3-7,17-18H,2,8-16H2,1H3,(H,21,22). The largest absolute Gasteiger partial charge is 0.379 e. The zero-order valence-electron chi connectivity index (χ0n) is 15.3. The summed E-state index contributed by atoms with van der Waals surface area (Å²) in [6, 6.07) is 10.7. The molecule has 5 heteroatoms. The number of aliphatic imine (C=N–C) groups is 1. The molecule has 1 atom stereocenters. The van der Waals surface area contributed by atoms with Gasteiger partial charge in [-0.3, -0.25) is 4.99 Å². The van der Waals surface area contributed by atoms with Crippen molar-refractivity contribution >= 4 is 17.7 Å². The molecular weight excluding hydrogens is 330 g/mol. The number of hydrogen-bond acceptors (Lipinski definition) is 3. The van der Waals surface area contributed by atoms with E-state index in [2.05, 4.69) is 47.5 Å². The van der Waals surface area contributed by atoms with Crippen LogP contribution in [-0.4, -0.2) is 56.0 Å². The first kappa shape index (κ1) is 18.6. The second-order valence-corrected chi connectivity index (χ2v) is 8.07. The van der Waals surface area contributed by atoms with Crippen LogP contribution >= 0.6 is 11.8 Å². The van der Waals surface area contributed by atoms with E-state index < -0.39 is 0 Å². The van der Waals surface area contributed by atoms with Gasteiger partial charge in [0.2, 0.25) is 0 Å². The Morgan fingerprint density at radius 3 is 2.84 bits per heavy atom. The van der Waals surface area contributed by atoms with Crippen molar-refractivity contribution in [2.24, 2.45) is 16.8 Å². The van der Waals surface area contributed by atoms with Crippen LogP contribution in [-0.2, 0) is 4.74 Å². The summed E-state index contributed by atoms with van der Waals surface area (Å²) < 4.78 is 5.70. The molecule has 3 rings (SSSR count). The Hall–Kier alpha value is -1.20. The van der Waals surface area contributed by atoms with E-state index in [1.165, 1.54) is 29.9 Å². The number of nitrogens with zero attached hydrogens (tertiary/aromatic N) is 2. The molecule has 138 valence electrons. The average molecular weight is 362 g/mol. The maximum absolute atomic E-state index is 5.70. The minimum atomic E-state index is 0.736. The molecule has 0 amide bonds. The van der Waals surface area contributed by atoms with Crippen LogP contribution in [0.25, 0.3) is 0 Å². The van der Waals surface area contributed by atoms with Crippen molar-refractivity contribution in [2.45, 2.75) is 31.1 Å². The van der Waals surface area contributed by atoms with Gasteiger partial charge in [-0.05, 0) is 50.2 Å². The molecule has 1 N–H and O–H groups in total. The Balaban J connectivity index is 1.40. The SMILES string of the molecule is CCNC(=NCCOCC1CC1)N1CCC(CSc2ccccc2)C1. The van der Waals surface area contributed by atoms with Crippen LogP contribution in [0.4, 0.5) is 0 Å². The molecule has 1 unspecified atom stereocenters. The van der Waals surface area contributed by atoms with Crippen molar-refractivity contribution in [1.29, 1.82) is 0 Å². The average Bonchev–Trinajstić information content (AvgIpc) is 3.35. The van der Waals surface area contributed by atoms with E-state index in [1.807, 2.05) is 11.8 Å². The third-order valence-corrected chi connectivity index (χ3v) is 5.94. The van der Waals surface area contributed by atoms with Crippen LogP contribution in [0.15, 0.2) is 40.2 Å². The van der Waals surface area contributed by atoms with Gasteiger partial charge in [0.1, 0.15) is 0 Å². The van der Waals surface area contributed by atoms with Gasteiger partial charge in [0, 0.05) is 36.9 Å². The molecule has 2 aliphatic rings. The van der Waals surface area contributed by atoms with Crippen LogP contribution in [0.2, 0.25) is 0 Å². The number of hydrogen-bond donors (Lipinski definition) is 1. The summed E-state index contributed by atoms with van der Waals surface area (Å²) in [4.78, 5) is 8.55. The lowest BCUT2D eigenvalue weighted by Gasteiger charge is -2.21. The summed E-state index contributed by atoms with van der Waals surface area (Å²) in [6.45, 7) is 7.69. The van der Waals surface area contributed by atoms with Gasteiger partial charge in [-0.1, -0.05) is 18.2 Å². The maximum atomic E-state index is 5.70. The molecule has 1 aliphatic heterocycles. The highest BCUT2D eigenvalue weighted by atomic mass is 32.2. The number of guanidine groups is 1. The van der Waals surface area contributed by atoms with Gasteiger partial charge < -0.3 is 15.0 Å². The normalized spacial score (nSPS) is 20.9. The molecule has 25 heavy (non-hydrogen) atoms. The van der Waals surface area contributed by atoms with Gasteiger partial charge in [0.25, 0.3) is 0 Å². The zero-order chi connectivity index (χ0) is 17.3. The Morgan fingerprint density at radius 1 is 1.24 bits per heavy atom. The molecular formula is C20H31N3OS. The number of benzene rings is 1. The summed E-state index contributed by atoms with van der Waals surface area (Å²) >= 11 is 1.97. The fraction of sp³-hybridized carbons (Fsp3) is 0.650. The molecule has 0 radical (unpaired) electrons. The molecule has 0 bridgehead atoms. The Bertz CT molecular complexity index is 533. The van der Waals surface area contributed by atoms with Crippen LogP contribution in [0.1, 0.15) is 26.2 Å². The Morgan fingerprint density at radius 2 is 2.08 bits per heavy atom. The van der Waals surface area contributed by atoms with E-state index in [-0.39, 0.29) is 0 Å². The predicted molar refractivity (Wildman–Crippen MR) is 106 cm³/mol. The lowest BCUT2D eigenvalue weighted by atomic mass is 10.2. The summed E-state index contributed by atoms with van der Waals surface area (Å²) in [5.41, 5.74) is 0. The smallest absolute Gasteiger partial charge is 0.194 e. The van der Waals surface area contributed by atoms with Crippen molar-refractivity contribution in [3.63, 3.8) is 0 Å². The number of ether oxygens (including phenoxy) is 1. The molecule has 0 spiro atoms. The molecule has 2 fully saturated rings.